The van der Waals surface area contributed by atoms with Crippen molar-refractivity contribution in [2.75, 3.05) is 12.3 Å². The van der Waals surface area contributed by atoms with Gasteiger partial charge in [0.15, 0.2) is 5.03 Å². The third-order valence-corrected chi connectivity index (χ3v) is 6.24. The van der Waals surface area contributed by atoms with Crippen LogP contribution in [0.5, 0.6) is 5.88 Å². The highest BCUT2D eigenvalue weighted by atomic mass is 32.2. The molecule has 0 aromatic carbocycles. The Morgan fingerprint density at radius 2 is 2.17 bits per heavy atom. The molecule has 2 fully saturated rings. The van der Waals surface area contributed by atoms with Crippen molar-refractivity contribution in [2.24, 2.45) is 11.3 Å². The number of likely N-dealkylation sites (tertiary alicyclic amines) is 1. The van der Waals surface area contributed by atoms with Gasteiger partial charge in [0, 0.05) is 12.0 Å². The van der Waals surface area contributed by atoms with Crippen LogP contribution in [0.25, 0.3) is 0 Å². The topological polar surface area (TPSA) is 55.3 Å². The smallest absolute Gasteiger partial charge is 0.260 e. The lowest BCUT2D eigenvalue weighted by Gasteiger charge is -2.36. The van der Waals surface area contributed by atoms with Gasteiger partial charge >= 0.3 is 0 Å². The molecule has 23 heavy (non-hydrogen) atoms. The van der Waals surface area contributed by atoms with Crippen LogP contribution in [0.2, 0.25) is 0 Å². The van der Waals surface area contributed by atoms with E-state index < -0.39 is 0 Å². The number of carbonyl (C=O) groups is 1. The molecule has 0 radical (unpaired) electrons. The molecule has 1 aliphatic heterocycles. The maximum Gasteiger partial charge on any atom is 0.260 e. The average molecular weight is 356 g/mol. The zero-order valence-corrected chi connectivity index (χ0v) is 15.9. The molecule has 1 aliphatic carbocycles. The van der Waals surface area contributed by atoms with Crippen LogP contribution in [-0.2, 0) is 4.79 Å². The minimum atomic E-state index is -0.334. The van der Waals surface area contributed by atoms with E-state index in [1.54, 1.807) is 11.8 Å². The lowest BCUT2D eigenvalue weighted by Crippen LogP contribution is -2.50. The second kappa shape index (κ2) is 6.59. The molecule has 3 unspecified atom stereocenters. The zero-order valence-electron chi connectivity index (χ0n) is 14.2. The standard InChI is InChI=1S/C16H25N3O2S2/c1-5-6-22-14-13(17-23-18-14)21-12-8-10-7-11(12)19(9-10)15(20)16(2,3)4/h10-12H,5-9H2,1-4H3. The number of aromatic nitrogens is 2. The van der Waals surface area contributed by atoms with Crippen molar-refractivity contribution >= 4 is 29.4 Å². The highest BCUT2D eigenvalue weighted by molar-refractivity contribution is 7.99. The number of amides is 1. The molecule has 1 aromatic heterocycles. The van der Waals surface area contributed by atoms with Crippen LogP contribution in [0.3, 0.4) is 0 Å². The number of thioether (sulfide) groups is 1. The molecule has 0 N–H and O–H groups in total. The molecule has 128 valence electrons. The lowest BCUT2D eigenvalue weighted by molar-refractivity contribution is -0.143. The molecule has 3 atom stereocenters. The molecule has 1 amide bonds. The van der Waals surface area contributed by atoms with Gasteiger partial charge in [-0.3, -0.25) is 4.79 Å². The normalized spacial score (nSPS) is 26.8. The number of ether oxygens (including phenoxy) is 1. The number of rotatable bonds is 5. The molecular weight excluding hydrogens is 330 g/mol. The molecule has 1 saturated heterocycles. The summed E-state index contributed by atoms with van der Waals surface area (Å²) in [5.41, 5.74) is -0.334. The number of hydrogen-bond donors (Lipinski definition) is 0. The molecule has 7 heteroatoms. The average Bonchev–Trinajstić information content (AvgIpc) is 3.18. The molecule has 2 aliphatic rings. The Hall–Kier alpha value is -0.820. The van der Waals surface area contributed by atoms with Gasteiger partial charge in [-0.1, -0.05) is 39.5 Å². The van der Waals surface area contributed by atoms with Crippen LogP contribution in [0.15, 0.2) is 5.03 Å². The van der Waals surface area contributed by atoms with Crippen molar-refractivity contribution in [1.82, 2.24) is 13.6 Å². The Kier molecular flexibility index (Phi) is 4.88. The number of nitrogens with zero attached hydrogens (tertiary/aromatic N) is 3. The summed E-state index contributed by atoms with van der Waals surface area (Å²) in [6.07, 6.45) is 3.24. The second-order valence-corrected chi connectivity index (χ2v) is 9.10. The summed E-state index contributed by atoms with van der Waals surface area (Å²) in [4.78, 5) is 14.7. The first-order valence-corrected chi connectivity index (χ1v) is 10.0. The summed E-state index contributed by atoms with van der Waals surface area (Å²) in [6, 6.07) is 0.192. The quantitative estimate of drug-likeness (QED) is 0.757. The Balaban J connectivity index is 1.68. The van der Waals surface area contributed by atoms with Gasteiger partial charge in [-0.05, 0) is 30.9 Å². The van der Waals surface area contributed by atoms with Gasteiger partial charge in [-0.25, -0.2) is 0 Å². The van der Waals surface area contributed by atoms with Crippen molar-refractivity contribution in [2.45, 2.75) is 64.1 Å². The van der Waals surface area contributed by atoms with Gasteiger partial charge in [0.05, 0.1) is 17.8 Å². The van der Waals surface area contributed by atoms with Crippen molar-refractivity contribution in [3.8, 4) is 5.88 Å². The van der Waals surface area contributed by atoms with Gasteiger partial charge in [-0.2, -0.15) is 4.37 Å². The van der Waals surface area contributed by atoms with Gasteiger partial charge in [0.1, 0.15) is 6.10 Å². The first-order valence-electron chi connectivity index (χ1n) is 8.33. The van der Waals surface area contributed by atoms with E-state index in [1.807, 2.05) is 25.7 Å². The third-order valence-electron chi connectivity index (χ3n) is 4.46. The van der Waals surface area contributed by atoms with Crippen LogP contribution in [0.4, 0.5) is 0 Å². The Morgan fingerprint density at radius 3 is 2.83 bits per heavy atom. The number of fused-ring (bicyclic) bond motifs is 2. The maximum absolute atomic E-state index is 12.7. The van der Waals surface area contributed by atoms with Crippen LogP contribution in [-0.4, -0.2) is 44.0 Å². The number of carbonyl (C=O) groups excluding carboxylic acids is 1. The van der Waals surface area contributed by atoms with E-state index in [1.165, 1.54) is 11.7 Å². The van der Waals surface area contributed by atoms with Crippen LogP contribution in [0, 0.1) is 11.3 Å². The predicted octanol–water partition coefficient (Wildman–Crippen LogP) is 3.45. The molecule has 5 nitrogen and oxygen atoms in total. The van der Waals surface area contributed by atoms with E-state index in [0.717, 1.165) is 36.6 Å². The van der Waals surface area contributed by atoms with Gasteiger partial charge in [-0.15, -0.1) is 4.37 Å². The van der Waals surface area contributed by atoms with E-state index in [0.29, 0.717) is 11.8 Å². The first kappa shape index (κ1) is 17.0. The summed E-state index contributed by atoms with van der Waals surface area (Å²) in [6.45, 7) is 9.00. The van der Waals surface area contributed by atoms with E-state index in [9.17, 15) is 4.79 Å². The molecule has 3 rings (SSSR count). The maximum atomic E-state index is 12.7. The van der Waals surface area contributed by atoms with Gasteiger partial charge in [0.25, 0.3) is 5.88 Å². The summed E-state index contributed by atoms with van der Waals surface area (Å²) < 4.78 is 14.9. The molecule has 0 spiro atoms. The Bertz CT molecular complexity index is 570. The zero-order chi connectivity index (χ0) is 16.6. The van der Waals surface area contributed by atoms with E-state index in [4.69, 9.17) is 4.74 Å². The minimum absolute atomic E-state index is 0.0601. The largest absolute Gasteiger partial charge is 0.470 e. The molecule has 2 bridgehead atoms. The lowest BCUT2D eigenvalue weighted by atomic mass is 9.93. The summed E-state index contributed by atoms with van der Waals surface area (Å²) in [5.74, 6) is 2.48. The first-order chi connectivity index (χ1) is 10.9. The fourth-order valence-corrected chi connectivity index (χ4v) is 4.81. The van der Waals surface area contributed by atoms with Crippen LogP contribution < -0.4 is 4.74 Å². The van der Waals surface area contributed by atoms with Crippen LogP contribution in [0.1, 0.15) is 47.0 Å². The minimum Gasteiger partial charge on any atom is -0.470 e. The van der Waals surface area contributed by atoms with Crippen molar-refractivity contribution in [3.05, 3.63) is 0 Å². The van der Waals surface area contributed by atoms with Crippen molar-refractivity contribution in [1.29, 1.82) is 0 Å². The monoisotopic (exact) mass is 355 g/mol. The highest BCUT2D eigenvalue weighted by Crippen LogP contribution is 2.42. The Labute approximate surface area is 146 Å². The SMILES string of the molecule is CCCSc1nsnc1OC1CC2CC1N(C(=O)C(C)(C)C)C2. The van der Waals surface area contributed by atoms with E-state index in [2.05, 4.69) is 15.7 Å². The van der Waals surface area contributed by atoms with Crippen LogP contribution >= 0.6 is 23.5 Å². The van der Waals surface area contributed by atoms with E-state index >= 15 is 0 Å². The molecule has 1 aromatic rings. The fourth-order valence-electron chi connectivity index (χ4n) is 3.43. The van der Waals surface area contributed by atoms with Gasteiger partial charge < -0.3 is 9.64 Å². The third kappa shape index (κ3) is 3.50. The summed E-state index contributed by atoms with van der Waals surface area (Å²) in [5, 5.41) is 0.897. The predicted molar refractivity (Wildman–Crippen MR) is 93.0 cm³/mol. The second-order valence-electron chi connectivity index (χ2n) is 7.49. The fraction of sp³-hybridized carbons (Fsp3) is 0.812. The summed E-state index contributed by atoms with van der Waals surface area (Å²) >= 11 is 2.90. The number of hydrogen-bond acceptors (Lipinski definition) is 6. The highest BCUT2D eigenvalue weighted by Gasteiger charge is 2.50. The van der Waals surface area contributed by atoms with Crippen molar-refractivity contribution in [3.63, 3.8) is 0 Å². The number of piperidine rings is 1. The molecular formula is C16H25N3O2S2. The molecule has 1 saturated carbocycles. The summed E-state index contributed by atoms with van der Waals surface area (Å²) in [7, 11) is 0. The Morgan fingerprint density at radius 1 is 1.39 bits per heavy atom. The van der Waals surface area contributed by atoms with Gasteiger partial charge in [0.2, 0.25) is 5.91 Å². The van der Waals surface area contributed by atoms with E-state index in [-0.39, 0.29) is 23.5 Å². The molecule has 2 heterocycles. The van der Waals surface area contributed by atoms with Crippen molar-refractivity contribution < 1.29 is 9.53 Å².